The van der Waals surface area contributed by atoms with E-state index in [4.69, 9.17) is 0 Å². The van der Waals surface area contributed by atoms with Crippen molar-refractivity contribution >= 4 is 15.9 Å². The molecule has 3 rings (SSSR count). The monoisotopic (exact) mass is 337 g/mol. The summed E-state index contributed by atoms with van der Waals surface area (Å²) in [7, 11) is -3.16. The van der Waals surface area contributed by atoms with E-state index in [1.54, 1.807) is 12.4 Å². The molecule has 2 aliphatic rings. The summed E-state index contributed by atoms with van der Waals surface area (Å²) in [5.41, 5.74) is 0.714. The first-order valence-corrected chi connectivity index (χ1v) is 9.89. The van der Waals surface area contributed by atoms with Crippen LogP contribution in [-0.2, 0) is 21.4 Å². The summed E-state index contributed by atoms with van der Waals surface area (Å²) in [5, 5.41) is 0. The standard InChI is InChI=1S/C16H23N3O3S/c1-23(21,22)19-11-6-16(7-12-19)5-2-10-18(15(16)20)13-14-3-8-17-9-4-14/h3-4,8-9H,2,5-7,10-13H2,1H3. The van der Waals surface area contributed by atoms with Crippen molar-refractivity contribution in [2.75, 3.05) is 25.9 Å². The van der Waals surface area contributed by atoms with Gasteiger partial charge in [0.2, 0.25) is 15.9 Å². The lowest BCUT2D eigenvalue weighted by atomic mass is 9.72. The predicted octanol–water partition coefficient (Wildman–Crippen LogP) is 1.25. The molecule has 2 aliphatic heterocycles. The highest BCUT2D eigenvalue weighted by Crippen LogP contribution is 2.41. The van der Waals surface area contributed by atoms with Gasteiger partial charge in [0.25, 0.3) is 0 Å². The third kappa shape index (κ3) is 3.40. The number of hydrogen-bond donors (Lipinski definition) is 0. The predicted molar refractivity (Wildman–Crippen MR) is 87.0 cm³/mol. The maximum Gasteiger partial charge on any atom is 0.229 e. The van der Waals surface area contributed by atoms with E-state index in [2.05, 4.69) is 4.98 Å². The average molecular weight is 337 g/mol. The Bertz CT molecular complexity index is 667. The van der Waals surface area contributed by atoms with E-state index >= 15 is 0 Å². The van der Waals surface area contributed by atoms with Crippen molar-refractivity contribution in [2.45, 2.75) is 32.2 Å². The number of rotatable bonds is 3. The Balaban J connectivity index is 1.71. The van der Waals surface area contributed by atoms with Gasteiger partial charge in [-0.25, -0.2) is 12.7 Å². The molecule has 1 aromatic rings. The normalized spacial score (nSPS) is 22.5. The zero-order chi connectivity index (χ0) is 16.5. The van der Waals surface area contributed by atoms with Gasteiger partial charge in [0, 0.05) is 38.6 Å². The molecule has 1 aromatic heterocycles. The van der Waals surface area contributed by atoms with Gasteiger partial charge in [0.15, 0.2) is 0 Å². The summed E-state index contributed by atoms with van der Waals surface area (Å²) in [5.74, 6) is 0.189. The first kappa shape index (κ1) is 16.4. The van der Waals surface area contributed by atoms with Crippen molar-refractivity contribution in [1.82, 2.24) is 14.2 Å². The number of amides is 1. The van der Waals surface area contributed by atoms with Gasteiger partial charge >= 0.3 is 0 Å². The molecule has 1 amide bonds. The second-order valence-corrected chi connectivity index (χ2v) is 8.61. The molecule has 7 heteroatoms. The second kappa shape index (κ2) is 6.20. The van der Waals surface area contributed by atoms with E-state index in [1.807, 2.05) is 17.0 Å². The number of pyridine rings is 1. The highest BCUT2D eigenvalue weighted by atomic mass is 32.2. The first-order valence-electron chi connectivity index (χ1n) is 8.04. The van der Waals surface area contributed by atoms with Crippen LogP contribution in [0.25, 0.3) is 0 Å². The SMILES string of the molecule is CS(=O)(=O)N1CCC2(CCCN(Cc3ccncc3)C2=O)CC1. The van der Waals surface area contributed by atoms with Crippen LogP contribution in [0.15, 0.2) is 24.5 Å². The van der Waals surface area contributed by atoms with Crippen molar-refractivity contribution in [2.24, 2.45) is 5.41 Å². The molecular weight excluding hydrogens is 314 g/mol. The molecule has 0 saturated carbocycles. The average Bonchev–Trinajstić information content (AvgIpc) is 2.53. The van der Waals surface area contributed by atoms with Crippen LogP contribution in [-0.4, -0.2) is 54.4 Å². The Kier molecular flexibility index (Phi) is 4.42. The number of nitrogens with zero attached hydrogens (tertiary/aromatic N) is 3. The van der Waals surface area contributed by atoms with Crippen molar-refractivity contribution in [1.29, 1.82) is 0 Å². The summed E-state index contributed by atoms with van der Waals surface area (Å²) < 4.78 is 24.8. The van der Waals surface area contributed by atoms with Crippen LogP contribution in [0.3, 0.4) is 0 Å². The quantitative estimate of drug-likeness (QED) is 0.832. The lowest BCUT2D eigenvalue weighted by Crippen LogP contribution is -2.53. The topological polar surface area (TPSA) is 70.6 Å². The van der Waals surface area contributed by atoms with E-state index in [0.29, 0.717) is 32.5 Å². The third-order valence-electron chi connectivity index (χ3n) is 5.10. The number of likely N-dealkylation sites (tertiary alicyclic amines) is 1. The molecule has 0 radical (unpaired) electrons. The fraction of sp³-hybridized carbons (Fsp3) is 0.625. The van der Waals surface area contributed by atoms with Gasteiger partial charge in [0.05, 0.1) is 11.7 Å². The number of piperidine rings is 2. The molecular formula is C16H23N3O3S. The first-order chi connectivity index (χ1) is 10.9. The number of carbonyl (C=O) groups is 1. The van der Waals surface area contributed by atoms with Gasteiger partial charge in [-0.1, -0.05) is 0 Å². The van der Waals surface area contributed by atoms with Gasteiger partial charge in [-0.3, -0.25) is 9.78 Å². The van der Waals surface area contributed by atoms with Crippen LogP contribution < -0.4 is 0 Å². The maximum absolute atomic E-state index is 13.0. The minimum atomic E-state index is -3.16. The molecule has 0 aliphatic carbocycles. The van der Waals surface area contributed by atoms with Crippen molar-refractivity contribution in [3.63, 3.8) is 0 Å². The van der Waals surface area contributed by atoms with Gasteiger partial charge < -0.3 is 4.90 Å². The maximum atomic E-state index is 13.0. The zero-order valence-electron chi connectivity index (χ0n) is 13.4. The molecule has 0 aromatic carbocycles. The number of hydrogen-bond acceptors (Lipinski definition) is 4. The number of sulfonamides is 1. The molecule has 0 atom stereocenters. The summed E-state index contributed by atoms with van der Waals surface area (Å²) in [6.07, 6.45) is 7.83. The van der Waals surface area contributed by atoms with Crippen molar-refractivity contribution in [3.05, 3.63) is 30.1 Å². The van der Waals surface area contributed by atoms with Gasteiger partial charge in [-0.15, -0.1) is 0 Å². The highest BCUT2D eigenvalue weighted by Gasteiger charge is 2.46. The van der Waals surface area contributed by atoms with Crippen LogP contribution in [0.4, 0.5) is 0 Å². The molecule has 2 saturated heterocycles. The molecule has 0 bridgehead atoms. The minimum Gasteiger partial charge on any atom is -0.338 e. The van der Waals surface area contributed by atoms with Crippen LogP contribution in [0.5, 0.6) is 0 Å². The molecule has 0 N–H and O–H groups in total. The Morgan fingerprint density at radius 1 is 1.13 bits per heavy atom. The summed E-state index contributed by atoms with van der Waals surface area (Å²) >= 11 is 0. The molecule has 1 spiro atoms. The Hall–Kier alpha value is -1.47. The summed E-state index contributed by atoms with van der Waals surface area (Å²) in [6, 6.07) is 3.86. The lowest BCUT2D eigenvalue weighted by Gasteiger charge is -2.45. The van der Waals surface area contributed by atoms with Crippen molar-refractivity contribution in [3.8, 4) is 0 Å². The summed E-state index contributed by atoms with van der Waals surface area (Å²) in [6.45, 7) is 2.29. The van der Waals surface area contributed by atoms with Gasteiger partial charge in [-0.05, 0) is 43.4 Å². The van der Waals surface area contributed by atoms with Crippen LogP contribution >= 0.6 is 0 Å². The smallest absolute Gasteiger partial charge is 0.229 e. The molecule has 6 nitrogen and oxygen atoms in total. The molecule has 126 valence electrons. The fourth-order valence-corrected chi connectivity index (χ4v) is 4.57. The molecule has 0 unspecified atom stereocenters. The van der Waals surface area contributed by atoms with E-state index < -0.39 is 10.0 Å². The summed E-state index contributed by atoms with van der Waals surface area (Å²) in [4.78, 5) is 18.9. The molecule has 23 heavy (non-hydrogen) atoms. The number of aromatic nitrogens is 1. The van der Waals surface area contributed by atoms with E-state index in [9.17, 15) is 13.2 Å². The Labute approximate surface area is 137 Å². The van der Waals surface area contributed by atoms with Gasteiger partial charge in [0.1, 0.15) is 0 Å². The van der Waals surface area contributed by atoms with Crippen LogP contribution in [0.1, 0.15) is 31.2 Å². The molecule has 3 heterocycles. The largest absolute Gasteiger partial charge is 0.338 e. The van der Waals surface area contributed by atoms with E-state index in [-0.39, 0.29) is 11.3 Å². The highest BCUT2D eigenvalue weighted by molar-refractivity contribution is 7.88. The Morgan fingerprint density at radius 2 is 1.78 bits per heavy atom. The Morgan fingerprint density at radius 3 is 2.39 bits per heavy atom. The minimum absolute atomic E-state index is 0.189. The van der Waals surface area contributed by atoms with Gasteiger partial charge in [-0.2, -0.15) is 0 Å². The fourth-order valence-electron chi connectivity index (χ4n) is 3.72. The van der Waals surface area contributed by atoms with Crippen LogP contribution in [0.2, 0.25) is 0 Å². The van der Waals surface area contributed by atoms with Crippen molar-refractivity contribution < 1.29 is 13.2 Å². The number of carbonyl (C=O) groups excluding carboxylic acids is 1. The molecule has 2 fully saturated rings. The van der Waals surface area contributed by atoms with E-state index in [1.165, 1.54) is 10.6 Å². The van der Waals surface area contributed by atoms with Crippen LogP contribution in [0, 0.1) is 5.41 Å². The van der Waals surface area contributed by atoms with E-state index in [0.717, 1.165) is 24.9 Å². The third-order valence-corrected chi connectivity index (χ3v) is 6.40. The zero-order valence-corrected chi connectivity index (χ0v) is 14.3. The second-order valence-electron chi connectivity index (χ2n) is 6.63. The lowest BCUT2D eigenvalue weighted by molar-refractivity contribution is -0.150.